The number of nitrogens with zero attached hydrogens (tertiary/aromatic N) is 2. The van der Waals surface area contributed by atoms with E-state index in [9.17, 15) is 4.79 Å². The Kier molecular flexibility index (Phi) is 4.60. The summed E-state index contributed by atoms with van der Waals surface area (Å²) in [5.74, 6) is 0. The Morgan fingerprint density at radius 1 is 1.25 bits per heavy atom. The van der Waals surface area contributed by atoms with E-state index in [-0.39, 0.29) is 5.56 Å². The normalized spacial score (nSPS) is 10.6. The minimum Gasteiger partial charge on any atom is -0.382 e. The van der Waals surface area contributed by atoms with E-state index in [1.54, 1.807) is 13.2 Å². The average Bonchev–Trinajstić information content (AvgIpc) is 2.38. The van der Waals surface area contributed by atoms with E-state index in [0.717, 1.165) is 18.7 Å². The van der Waals surface area contributed by atoms with Gasteiger partial charge in [-0.15, -0.1) is 0 Å². The van der Waals surface area contributed by atoms with E-state index >= 15 is 0 Å². The third-order valence-electron chi connectivity index (χ3n) is 3.09. The summed E-state index contributed by atoms with van der Waals surface area (Å²) in [7, 11) is 1.63. The van der Waals surface area contributed by atoms with Crippen LogP contribution in [-0.2, 0) is 13.5 Å². The molecular formula is C15H18BrN3O. The van der Waals surface area contributed by atoms with Crippen molar-refractivity contribution in [1.82, 2.24) is 9.78 Å². The number of aromatic nitrogens is 2. The van der Waals surface area contributed by atoms with E-state index in [4.69, 9.17) is 0 Å². The summed E-state index contributed by atoms with van der Waals surface area (Å²) in [5.41, 5.74) is 4.44. The van der Waals surface area contributed by atoms with Crippen LogP contribution in [0.4, 0.5) is 5.69 Å². The molecule has 0 aliphatic carbocycles. The van der Waals surface area contributed by atoms with Gasteiger partial charge in [0.25, 0.3) is 5.56 Å². The average molecular weight is 336 g/mol. The maximum atomic E-state index is 11.7. The molecule has 5 heteroatoms. The highest BCUT2D eigenvalue weighted by molar-refractivity contribution is 9.10. The van der Waals surface area contributed by atoms with Gasteiger partial charge in [-0.1, -0.05) is 29.3 Å². The predicted octanol–water partition coefficient (Wildman–Crippen LogP) is 2.81. The predicted molar refractivity (Wildman–Crippen MR) is 85.3 cm³/mol. The lowest BCUT2D eigenvalue weighted by atomic mass is 10.1. The molecule has 106 valence electrons. The quantitative estimate of drug-likeness (QED) is 0.934. The van der Waals surface area contributed by atoms with Crippen LogP contribution >= 0.6 is 15.9 Å². The second-order valence-electron chi connectivity index (χ2n) is 4.97. The number of hydrogen-bond acceptors (Lipinski definition) is 3. The lowest BCUT2D eigenvalue weighted by molar-refractivity contribution is 0.703. The zero-order valence-electron chi connectivity index (χ0n) is 11.9. The number of halogens is 1. The van der Waals surface area contributed by atoms with Crippen molar-refractivity contribution in [2.45, 2.75) is 20.3 Å². The maximum absolute atomic E-state index is 11.7. The molecule has 0 aliphatic rings. The molecule has 1 aromatic heterocycles. The van der Waals surface area contributed by atoms with Gasteiger partial charge in [-0.3, -0.25) is 4.79 Å². The zero-order valence-corrected chi connectivity index (χ0v) is 13.5. The Morgan fingerprint density at radius 3 is 2.55 bits per heavy atom. The third-order valence-corrected chi connectivity index (χ3v) is 3.86. The van der Waals surface area contributed by atoms with E-state index in [0.29, 0.717) is 4.47 Å². The van der Waals surface area contributed by atoms with Crippen LogP contribution in [0, 0.1) is 13.8 Å². The summed E-state index contributed by atoms with van der Waals surface area (Å²) in [6, 6.07) is 6.54. The van der Waals surface area contributed by atoms with Crippen molar-refractivity contribution < 1.29 is 0 Å². The van der Waals surface area contributed by atoms with Gasteiger partial charge in [-0.05, 0) is 41.8 Å². The fraction of sp³-hybridized carbons (Fsp3) is 0.333. The summed E-state index contributed by atoms with van der Waals surface area (Å²) >= 11 is 3.30. The van der Waals surface area contributed by atoms with Crippen LogP contribution in [0.25, 0.3) is 0 Å². The molecule has 1 heterocycles. The topological polar surface area (TPSA) is 46.9 Å². The summed E-state index contributed by atoms with van der Waals surface area (Å²) in [6.07, 6.45) is 2.57. The highest BCUT2D eigenvalue weighted by atomic mass is 79.9. The van der Waals surface area contributed by atoms with E-state index < -0.39 is 0 Å². The first-order valence-corrected chi connectivity index (χ1v) is 7.29. The monoisotopic (exact) mass is 335 g/mol. The van der Waals surface area contributed by atoms with Crippen molar-refractivity contribution in [2.24, 2.45) is 7.05 Å². The molecule has 0 bridgehead atoms. The van der Waals surface area contributed by atoms with Gasteiger partial charge in [0.2, 0.25) is 0 Å². The van der Waals surface area contributed by atoms with Crippen molar-refractivity contribution in [2.75, 3.05) is 11.9 Å². The smallest absolute Gasteiger partial charge is 0.282 e. The summed E-state index contributed by atoms with van der Waals surface area (Å²) in [5, 5.41) is 7.25. The first-order chi connectivity index (χ1) is 9.47. The van der Waals surface area contributed by atoms with Crippen LogP contribution in [0.3, 0.4) is 0 Å². The Morgan fingerprint density at radius 2 is 1.90 bits per heavy atom. The fourth-order valence-corrected chi connectivity index (χ4v) is 2.69. The minimum absolute atomic E-state index is 0.138. The molecule has 0 fully saturated rings. The van der Waals surface area contributed by atoms with E-state index in [1.807, 2.05) is 0 Å². The lowest BCUT2D eigenvalue weighted by Gasteiger charge is -2.09. The molecule has 2 rings (SSSR count). The third kappa shape index (κ3) is 3.48. The van der Waals surface area contributed by atoms with Crippen molar-refractivity contribution in [1.29, 1.82) is 0 Å². The molecule has 0 radical (unpaired) electrons. The second-order valence-corrected chi connectivity index (χ2v) is 5.77. The first-order valence-electron chi connectivity index (χ1n) is 6.50. The minimum atomic E-state index is -0.138. The number of rotatable bonds is 4. The molecule has 0 spiro atoms. The lowest BCUT2D eigenvalue weighted by Crippen LogP contribution is -2.21. The number of aryl methyl sites for hydroxylation is 3. The van der Waals surface area contributed by atoms with Gasteiger partial charge in [-0.25, -0.2) is 4.68 Å². The van der Waals surface area contributed by atoms with Crippen molar-refractivity contribution in [3.63, 3.8) is 0 Å². The molecule has 0 aliphatic heterocycles. The molecular weight excluding hydrogens is 318 g/mol. The first kappa shape index (κ1) is 14.8. The fourth-order valence-electron chi connectivity index (χ4n) is 2.19. The van der Waals surface area contributed by atoms with Crippen molar-refractivity contribution in [3.05, 3.63) is 55.9 Å². The van der Waals surface area contributed by atoms with Crippen LogP contribution in [0.1, 0.15) is 16.7 Å². The zero-order chi connectivity index (χ0) is 14.7. The summed E-state index contributed by atoms with van der Waals surface area (Å²) in [4.78, 5) is 11.7. The molecule has 0 atom stereocenters. The Hall–Kier alpha value is -1.62. The van der Waals surface area contributed by atoms with Gasteiger partial charge >= 0.3 is 0 Å². The molecule has 1 N–H and O–H groups in total. The summed E-state index contributed by atoms with van der Waals surface area (Å²) < 4.78 is 1.83. The Labute approximate surface area is 127 Å². The number of hydrogen-bond donors (Lipinski definition) is 1. The van der Waals surface area contributed by atoms with Crippen LogP contribution in [-0.4, -0.2) is 16.3 Å². The van der Waals surface area contributed by atoms with Gasteiger partial charge in [0.1, 0.15) is 4.47 Å². The van der Waals surface area contributed by atoms with Gasteiger partial charge in [0.05, 0.1) is 11.9 Å². The van der Waals surface area contributed by atoms with Crippen molar-refractivity contribution in [3.8, 4) is 0 Å². The number of benzene rings is 1. The number of anilines is 1. The highest BCUT2D eigenvalue weighted by Crippen LogP contribution is 2.16. The van der Waals surface area contributed by atoms with Gasteiger partial charge in [0.15, 0.2) is 0 Å². The molecule has 4 nitrogen and oxygen atoms in total. The largest absolute Gasteiger partial charge is 0.382 e. The molecule has 20 heavy (non-hydrogen) atoms. The highest BCUT2D eigenvalue weighted by Gasteiger charge is 2.06. The van der Waals surface area contributed by atoms with Crippen molar-refractivity contribution >= 4 is 21.6 Å². The SMILES string of the molecule is Cc1cc(C)cc(CCNc2cnn(C)c(=O)c2Br)c1. The number of nitrogens with one attached hydrogen (secondary N) is 1. The maximum Gasteiger partial charge on any atom is 0.282 e. The second kappa shape index (κ2) is 6.22. The van der Waals surface area contributed by atoms with E-state index in [1.165, 1.54) is 21.4 Å². The van der Waals surface area contributed by atoms with Crippen LogP contribution in [0.15, 0.2) is 33.7 Å². The van der Waals surface area contributed by atoms with Crippen LogP contribution in [0.2, 0.25) is 0 Å². The standard InChI is InChI=1S/C15H18BrN3O/c1-10-6-11(2)8-12(7-10)4-5-17-13-9-18-19(3)15(20)14(13)16/h6-9,17H,4-5H2,1-3H3. The summed E-state index contributed by atoms with van der Waals surface area (Å²) in [6.45, 7) is 4.97. The van der Waals surface area contributed by atoms with E-state index in [2.05, 4.69) is 58.4 Å². The molecule has 0 saturated carbocycles. The Balaban J connectivity index is 2.03. The molecule has 2 aromatic rings. The van der Waals surface area contributed by atoms with Gasteiger partial charge < -0.3 is 5.32 Å². The molecule has 1 aromatic carbocycles. The van der Waals surface area contributed by atoms with Gasteiger partial charge in [-0.2, -0.15) is 5.10 Å². The van der Waals surface area contributed by atoms with Crippen LogP contribution < -0.4 is 10.9 Å². The molecule has 0 amide bonds. The Bertz CT molecular complexity index is 659. The van der Waals surface area contributed by atoms with Crippen LogP contribution in [0.5, 0.6) is 0 Å². The molecule has 0 saturated heterocycles. The van der Waals surface area contributed by atoms with Gasteiger partial charge in [0, 0.05) is 13.6 Å². The molecule has 0 unspecified atom stereocenters.